The van der Waals surface area contributed by atoms with E-state index in [-0.39, 0.29) is 12.1 Å². The van der Waals surface area contributed by atoms with Crippen molar-refractivity contribution in [3.05, 3.63) is 47.8 Å². The van der Waals surface area contributed by atoms with Crippen LogP contribution >= 0.6 is 0 Å². The van der Waals surface area contributed by atoms with Crippen molar-refractivity contribution in [2.75, 3.05) is 4.90 Å². The standard InChI is InChI=1S/C14H12FN3O2/c1-2-17-8-16-6-10(17)7-18-12-4-3-9(15)5-11(12)13(19)14(18)20/h3-6,8H,2,7H2,1H3. The third-order valence-electron chi connectivity index (χ3n) is 3.39. The molecule has 3 rings (SSSR count). The molecule has 1 aliphatic heterocycles. The minimum absolute atomic E-state index is 0.123. The summed E-state index contributed by atoms with van der Waals surface area (Å²) in [7, 11) is 0. The molecule has 0 saturated heterocycles. The van der Waals surface area contributed by atoms with Crippen molar-refractivity contribution in [2.45, 2.75) is 20.0 Å². The molecule has 1 aromatic heterocycles. The number of anilines is 1. The smallest absolute Gasteiger partial charge is 0.299 e. The summed E-state index contributed by atoms with van der Waals surface area (Å²) >= 11 is 0. The lowest BCUT2D eigenvalue weighted by atomic mass is 10.1. The fourth-order valence-corrected chi connectivity index (χ4v) is 2.36. The van der Waals surface area contributed by atoms with Gasteiger partial charge in [-0.3, -0.25) is 14.5 Å². The number of Topliss-reactive ketones (excluding diaryl/α,β-unsaturated/α-hetero) is 1. The minimum atomic E-state index is -0.665. The minimum Gasteiger partial charge on any atom is -0.333 e. The van der Waals surface area contributed by atoms with E-state index in [1.165, 1.54) is 17.0 Å². The van der Waals surface area contributed by atoms with Crippen LogP contribution in [0.25, 0.3) is 0 Å². The Morgan fingerprint density at radius 2 is 2.10 bits per heavy atom. The molecule has 2 heterocycles. The topological polar surface area (TPSA) is 55.2 Å². The van der Waals surface area contributed by atoms with Crippen LogP contribution < -0.4 is 4.90 Å². The number of carbonyl (C=O) groups excluding carboxylic acids is 2. The summed E-state index contributed by atoms with van der Waals surface area (Å²) < 4.78 is 15.1. The van der Waals surface area contributed by atoms with Gasteiger partial charge in [0.1, 0.15) is 5.82 Å². The van der Waals surface area contributed by atoms with Crippen molar-refractivity contribution in [1.29, 1.82) is 0 Å². The van der Waals surface area contributed by atoms with Crippen molar-refractivity contribution in [3.63, 3.8) is 0 Å². The number of amides is 1. The summed E-state index contributed by atoms with van der Waals surface area (Å²) in [6, 6.07) is 3.81. The van der Waals surface area contributed by atoms with Crippen LogP contribution in [0.1, 0.15) is 23.0 Å². The first kappa shape index (κ1) is 12.5. The highest BCUT2D eigenvalue weighted by Gasteiger charge is 2.36. The van der Waals surface area contributed by atoms with Gasteiger partial charge in [0.25, 0.3) is 11.7 Å². The normalized spacial score (nSPS) is 14.0. The highest BCUT2D eigenvalue weighted by atomic mass is 19.1. The van der Waals surface area contributed by atoms with Gasteiger partial charge in [0.05, 0.1) is 29.8 Å². The van der Waals surface area contributed by atoms with Crippen LogP contribution in [-0.4, -0.2) is 21.2 Å². The van der Waals surface area contributed by atoms with Crippen LogP contribution in [0.4, 0.5) is 10.1 Å². The molecule has 2 aromatic rings. The summed E-state index contributed by atoms with van der Waals surface area (Å²) in [5.74, 6) is -1.82. The van der Waals surface area contributed by atoms with Crippen LogP contribution in [0, 0.1) is 5.82 Å². The Kier molecular flexibility index (Phi) is 2.85. The molecule has 0 bridgehead atoms. The lowest BCUT2D eigenvalue weighted by Crippen LogP contribution is -2.30. The zero-order valence-corrected chi connectivity index (χ0v) is 10.8. The van der Waals surface area contributed by atoms with E-state index in [1.807, 2.05) is 11.5 Å². The average Bonchev–Trinajstić information content (AvgIpc) is 2.98. The first-order chi connectivity index (χ1) is 9.61. The molecule has 1 amide bonds. The highest BCUT2D eigenvalue weighted by molar-refractivity contribution is 6.52. The molecular weight excluding hydrogens is 261 g/mol. The highest BCUT2D eigenvalue weighted by Crippen LogP contribution is 2.30. The maximum Gasteiger partial charge on any atom is 0.299 e. The van der Waals surface area contributed by atoms with Crippen molar-refractivity contribution in [2.24, 2.45) is 0 Å². The van der Waals surface area contributed by atoms with Gasteiger partial charge in [-0.15, -0.1) is 0 Å². The molecule has 0 unspecified atom stereocenters. The fraction of sp³-hybridized carbons (Fsp3) is 0.214. The third-order valence-corrected chi connectivity index (χ3v) is 3.39. The van der Waals surface area contributed by atoms with Crippen molar-refractivity contribution in [1.82, 2.24) is 9.55 Å². The summed E-state index contributed by atoms with van der Waals surface area (Å²) in [4.78, 5) is 29.3. The molecule has 0 aliphatic carbocycles. The zero-order chi connectivity index (χ0) is 14.3. The van der Waals surface area contributed by atoms with Gasteiger partial charge < -0.3 is 4.57 Å². The number of hydrogen-bond donors (Lipinski definition) is 0. The van der Waals surface area contributed by atoms with E-state index in [0.717, 1.165) is 18.3 Å². The van der Waals surface area contributed by atoms with Gasteiger partial charge in [-0.1, -0.05) is 0 Å². The van der Waals surface area contributed by atoms with E-state index in [1.54, 1.807) is 12.5 Å². The Labute approximate surface area is 114 Å². The summed E-state index contributed by atoms with van der Waals surface area (Å²) in [6.07, 6.45) is 3.33. The van der Waals surface area contributed by atoms with Crippen LogP contribution in [-0.2, 0) is 17.9 Å². The molecule has 0 saturated carbocycles. The van der Waals surface area contributed by atoms with Crippen LogP contribution in [0.3, 0.4) is 0 Å². The van der Waals surface area contributed by atoms with Gasteiger partial charge in [-0.2, -0.15) is 0 Å². The van der Waals surface area contributed by atoms with E-state index in [2.05, 4.69) is 4.98 Å². The predicted octanol–water partition coefficient (Wildman–Crippen LogP) is 1.77. The largest absolute Gasteiger partial charge is 0.333 e. The number of hydrogen-bond acceptors (Lipinski definition) is 3. The van der Waals surface area contributed by atoms with E-state index < -0.39 is 17.5 Å². The Morgan fingerprint density at radius 3 is 2.85 bits per heavy atom. The SMILES string of the molecule is CCn1cncc1CN1C(=O)C(=O)c2cc(F)ccc21. The summed E-state index contributed by atoms with van der Waals surface area (Å²) in [5, 5.41) is 0. The lowest BCUT2D eigenvalue weighted by Gasteiger charge is -2.17. The number of ketones is 1. The second-order valence-electron chi connectivity index (χ2n) is 4.55. The van der Waals surface area contributed by atoms with E-state index in [4.69, 9.17) is 0 Å². The zero-order valence-electron chi connectivity index (χ0n) is 10.8. The number of benzene rings is 1. The molecule has 5 nitrogen and oxygen atoms in total. The van der Waals surface area contributed by atoms with Crippen LogP contribution in [0.2, 0.25) is 0 Å². The Morgan fingerprint density at radius 1 is 1.30 bits per heavy atom. The Balaban J connectivity index is 1.99. The molecule has 20 heavy (non-hydrogen) atoms. The van der Waals surface area contributed by atoms with Crippen LogP contribution in [0.15, 0.2) is 30.7 Å². The second kappa shape index (κ2) is 4.56. The molecule has 1 aromatic carbocycles. The maximum atomic E-state index is 13.2. The van der Waals surface area contributed by atoms with Gasteiger partial charge in [-0.05, 0) is 25.1 Å². The number of halogens is 1. The predicted molar refractivity (Wildman–Crippen MR) is 69.8 cm³/mol. The number of imidazole rings is 1. The number of nitrogens with zero attached hydrogens (tertiary/aromatic N) is 3. The third kappa shape index (κ3) is 1.80. The van der Waals surface area contributed by atoms with Gasteiger partial charge >= 0.3 is 0 Å². The molecule has 102 valence electrons. The average molecular weight is 273 g/mol. The van der Waals surface area contributed by atoms with E-state index >= 15 is 0 Å². The lowest BCUT2D eigenvalue weighted by molar-refractivity contribution is -0.114. The van der Waals surface area contributed by atoms with E-state index in [9.17, 15) is 14.0 Å². The van der Waals surface area contributed by atoms with Crippen molar-refractivity contribution in [3.8, 4) is 0 Å². The number of aryl methyl sites for hydroxylation is 1. The van der Waals surface area contributed by atoms with Gasteiger partial charge in [0.15, 0.2) is 0 Å². The maximum absolute atomic E-state index is 13.2. The summed E-state index contributed by atoms with van der Waals surface area (Å²) in [5.41, 5.74) is 1.40. The van der Waals surface area contributed by atoms with Gasteiger partial charge in [-0.25, -0.2) is 9.37 Å². The quantitative estimate of drug-likeness (QED) is 0.801. The first-order valence-corrected chi connectivity index (χ1v) is 6.26. The van der Waals surface area contributed by atoms with Crippen molar-refractivity contribution < 1.29 is 14.0 Å². The van der Waals surface area contributed by atoms with Gasteiger partial charge in [0.2, 0.25) is 0 Å². The molecule has 6 heteroatoms. The molecule has 0 atom stereocenters. The van der Waals surface area contributed by atoms with Crippen LogP contribution in [0.5, 0.6) is 0 Å². The molecule has 0 N–H and O–H groups in total. The molecule has 0 spiro atoms. The van der Waals surface area contributed by atoms with E-state index in [0.29, 0.717) is 5.69 Å². The number of carbonyl (C=O) groups is 2. The molecular formula is C14H12FN3O2. The second-order valence-corrected chi connectivity index (χ2v) is 4.55. The van der Waals surface area contributed by atoms with Gasteiger partial charge in [0, 0.05) is 12.7 Å². The monoisotopic (exact) mass is 273 g/mol. The first-order valence-electron chi connectivity index (χ1n) is 6.26. The molecule has 0 fully saturated rings. The Hall–Kier alpha value is -2.50. The molecule has 0 radical (unpaired) electrons. The Bertz CT molecular complexity index is 708. The molecule has 1 aliphatic rings. The number of fused-ring (bicyclic) bond motifs is 1. The summed E-state index contributed by atoms with van der Waals surface area (Å²) in [6.45, 7) is 2.93. The number of rotatable bonds is 3. The number of aromatic nitrogens is 2. The van der Waals surface area contributed by atoms with Crippen molar-refractivity contribution >= 4 is 17.4 Å². The fourth-order valence-electron chi connectivity index (χ4n) is 2.36.